The molecule has 2 aliphatic rings. The molecule has 0 spiro atoms. The Morgan fingerprint density at radius 2 is 0.918 bits per heavy atom. The van der Waals surface area contributed by atoms with Gasteiger partial charge in [-0.05, 0) is 168 Å². The highest BCUT2D eigenvalue weighted by Crippen LogP contribution is 2.63. The maximum absolute atomic E-state index is 2.74. The molecule has 1 saturated carbocycles. The first kappa shape index (κ1) is 36.2. The lowest BCUT2D eigenvalue weighted by atomic mass is 9.61. The highest BCUT2D eigenvalue weighted by Gasteiger charge is 2.58. The maximum Gasteiger partial charge on any atom is 0.0518 e. The smallest absolute Gasteiger partial charge is 0.0518 e. The zero-order chi connectivity index (χ0) is 41.0. The third kappa shape index (κ3) is 5.07. The Hall–Kier alpha value is -6.70. The van der Waals surface area contributed by atoms with Crippen molar-refractivity contribution >= 4 is 54.5 Å². The summed E-state index contributed by atoms with van der Waals surface area (Å²) in [4.78, 5) is 2.74. The number of hydrogen-bond acceptors (Lipinski definition) is 1. The first-order valence-electron chi connectivity index (χ1n) is 22.2. The molecule has 0 aromatic heterocycles. The van der Waals surface area contributed by atoms with Crippen molar-refractivity contribution in [3.63, 3.8) is 0 Å². The van der Waals surface area contributed by atoms with Gasteiger partial charge in [-0.1, -0.05) is 165 Å². The van der Waals surface area contributed by atoms with Crippen LogP contribution in [0.2, 0.25) is 0 Å². The molecule has 1 aliphatic carbocycles. The quantitative estimate of drug-likeness (QED) is 0.157. The summed E-state index contributed by atoms with van der Waals surface area (Å²) >= 11 is 0. The molecular weight excluding hydrogens is 735 g/mol. The second-order valence-corrected chi connectivity index (χ2v) is 18.3. The molecule has 61 heavy (non-hydrogen) atoms. The van der Waals surface area contributed by atoms with Crippen LogP contribution in [0.15, 0.2) is 176 Å². The van der Waals surface area contributed by atoms with Crippen molar-refractivity contribution in [3.8, 4) is 44.5 Å². The Morgan fingerprint density at radius 1 is 0.410 bits per heavy atom. The van der Waals surface area contributed by atoms with Gasteiger partial charge in [-0.3, -0.25) is 0 Å². The van der Waals surface area contributed by atoms with Crippen molar-refractivity contribution in [1.82, 2.24) is 0 Å². The molecule has 1 heteroatoms. The minimum atomic E-state index is -0.0194. The van der Waals surface area contributed by atoms with Crippen molar-refractivity contribution in [1.29, 1.82) is 0 Å². The van der Waals surface area contributed by atoms with Gasteiger partial charge in [-0.15, -0.1) is 0 Å². The molecule has 0 radical (unpaired) electrons. The van der Waals surface area contributed by atoms with E-state index in [4.69, 9.17) is 0 Å². The first-order valence-corrected chi connectivity index (χ1v) is 22.2. The molecule has 10 aromatic rings. The van der Waals surface area contributed by atoms with Gasteiger partial charge in [0, 0.05) is 16.8 Å². The lowest BCUT2D eigenvalue weighted by Gasteiger charge is -2.50. The van der Waals surface area contributed by atoms with Gasteiger partial charge in [0.1, 0.15) is 0 Å². The van der Waals surface area contributed by atoms with Crippen molar-refractivity contribution in [2.45, 2.75) is 64.3 Å². The summed E-state index contributed by atoms with van der Waals surface area (Å²) in [6, 6.07) is 66.3. The summed E-state index contributed by atoms with van der Waals surface area (Å²) < 4.78 is 0. The first-order chi connectivity index (χ1) is 29.9. The highest BCUT2D eigenvalue weighted by atomic mass is 15.3. The second-order valence-electron chi connectivity index (χ2n) is 18.3. The molecule has 294 valence electrons. The van der Waals surface area contributed by atoms with E-state index in [1.54, 1.807) is 0 Å². The molecule has 0 N–H and O–H groups in total. The van der Waals surface area contributed by atoms with Crippen LogP contribution in [0.4, 0.5) is 11.4 Å². The Labute approximate surface area is 359 Å². The molecule has 1 aliphatic heterocycles. The Balaban J connectivity index is 1.22. The summed E-state index contributed by atoms with van der Waals surface area (Å²) in [5.41, 5.74) is 17.2. The fraction of sp³-hybridized carbons (Fsp3) is 0.167. The molecular formula is C60H49N. The van der Waals surface area contributed by atoms with E-state index in [1.165, 1.54) is 141 Å². The van der Waals surface area contributed by atoms with Crippen molar-refractivity contribution in [2.75, 3.05) is 4.90 Å². The van der Waals surface area contributed by atoms with Gasteiger partial charge in [0.2, 0.25) is 0 Å². The third-order valence-electron chi connectivity index (χ3n) is 15.4. The van der Waals surface area contributed by atoms with E-state index in [9.17, 15) is 0 Å². The lowest BCUT2D eigenvalue weighted by molar-refractivity contribution is 0.195. The summed E-state index contributed by atoms with van der Waals surface area (Å²) in [6.45, 7) is 9.91. The lowest BCUT2D eigenvalue weighted by Crippen LogP contribution is -2.54. The summed E-state index contributed by atoms with van der Waals surface area (Å²) in [6.07, 6.45) is 4.89. The predicted molar refractivity (Wildman–Crippen MR) is 262 cm³/mol. The molecule has 0 saturated heterocycles. The van der Waals surface area contributed by atoms with E-state index in [-0.39, 0.29) is 11.0 Å². The molecule has 1 fully saturated rings. The molecule has 1 heterocycles. The van der Waals surface area contributed by atoms with E-state index in [0.717, 1.165) is 0 Å². The van der Waals surface area contributed by atoms with Crippen LogP contribution >= 0.6 is 0 Å². The monoisotopic (exact) mass is 783 g/mol. The summed E-state index contributed by atoms with van der Waals surface area (Å²) in [7, 11) is 0. The summed E-state index contributed by atoms with van der Waals surface area (Å²) in [5.74, 6) is 0. The maximum atomic E-state index is 2.74. The fourth-order valence-corrected chi connectivity index (χ4v) is 12.0. The van der Waals surface area contributed by atoms with Crippen LogP contribution in [0.3, 0.4) is 0 Å². The largest absolute Gasteiger partial charge is 0.334 e. The Morgan fingerprint density at radius 3 is 1.54 bits per heavy atom. The molecule has 1 nitrogen and oxygen atoms in total. The average molecular weight is 784 g/mol. The van der Waals surface area contributed by atoms with E-state index < -0.39 is 0 Å². The van der Waals surface area contributed by atoms with Gasteiger partial charge in [-0.25, -0.2) is 0 Å². The minimum Gasteiger partial charge on any atom is -0.334 e. The van der Waals surface area contributed by atoms with Gasteiger partial charge in [-0.2, -0.15) is 0 Å². The van der Waals surface area contributed by atoms with Crippen LogP contribution in [0, 0.1) is 13.8 Å². The van der Waals surface area contributed by atoms with E-state index in [0.29, 0.717) is 0 Å². The van der Waals surface area contributed by atoms with E-state index in [2.05, 4.69) is 209 Å². The molecule has 12 rings (SSSR count). The van der Waals surface area contributed by atoms with Crippen molar-refractivity contribution in [3.05, 3.63) is 193 Å². The average Bonchev–Trinajstić information content (AvgIpc) is 3.52. The number of anilines is 2. The molecule has 2 atom stereocenters. The SMILES string of the molecule is Cc1c(-c2cc(-c3ccccc3)c3ccc4c(-c5cccc6ccccc56)cc(-c5ccccc5)c5ccc2c3c54)cc2c(c1C)N(c1ccccc1)C1(C)CCCCC21C. The number of nitrogens with zero attached hydrogens (tertiary/aromatic N) is 1. The highest BCUT2D eigenvalue weighted by molar-refractivity contribution is 6.32. The van der Waals surface area contributed by atoms with Gasteiger partial charge in [0.05, 0.1) is 5.54 Å². The van der Waals surface area contributed by atoms with Gasteiger partial charge >= 0.3 is 0 Å². The van der Waals surface area contributed by atoms with Crippen LogP contribution in [-0.4, -0.2) is 5.54 Å². The number of benzene rings is 10. The number of para-hydroxylation sites is 1. The van der Waals surface area contributed by atoms with Crippen LogP contribution in [0.25, 0.3) is 87.6 Å². The van der Waals surface area contributed by atoms with Crippen molar-refractivity contribution in [2.24, 2.45) is 0 Å². The van der Waals surface area contributed by atoms with E-state index in [1.807, 2.05) is 0 Å². The number of fused-ring (bicyclic) bond motifs is 4. The number of hydrogen-bond donors (Lipinski definition) is 0. The predicted octanol–water partition coefficient (Wildman–Crippen LogP) is 16.8. The third-order valence-corrected chi connectivity index (χ3v) is 15.4. The van der Waals surface area contributed by atoms with Gasteiger partial charge < -0.3 is 4.90 Å². The zero-order valence-electron chi connectivity index (χ0n) is 35.5. The van der Waals surface area contributed by atoms with Gasteiger partial charge in [0.15, 0.2) is 0 Å². The molecule has 0 bridgehead atoms. The van der Waals surface area contributed by atoms with E-state index >= 15 is 0 Å². The van der Waals surface area contributed by atoms with Crippen LogP contribution in [-0.2, 0) is 5.41 Å². The van der Waals surface area contributed by atoms with Crippen LogP contribution in [0.5, 0.6) is 0 Å². The standard InChI is InChI=1S/C60H49N/c1-38-39(2)58-55(59(3)33-16-17-34-60(59,4)61(58)43-25-12-7-13-26-43)37-50(38)54-36-52(42-21-10-6-11-22-42)47-29-31-48-53(45-28-18-24-40-23-14-15-27-44(40)45)35-51(41-19-8-5-9-20-41)46-30-32-49(54)57(47)56(46)48/h5-15,18-32,35-37H,16-17,33-34H2,1-4H3. The van der Waals surface area contributed by atoms with Crippen LogP contribution < -0.4 is 4.90 Å². The van der Waals surface area contributed by atoms with Crippen LogP contribution in [0.1, 0.15) is 56.2 Å². The molecule has 0 amide bonds. The molecule has 2 unspecified atom stereocenters. The molecule has 10 aromatic carbocycles. The minimum absolute atomic E-state index is 0.00756. The second kappa shape index (κ2) is 13.4. The fourth-order valence-electron chi connectivity index (χ4n) is 12.0. The van der Waals surface area contributed by atoms with Gasteiger partial charge in [0.25, 0.3) is 0 Å². The summed E-state index contributed by atoms with van der Waals surface area (Å²) in [5, 5.41) is 10.4. The topological polar surface area (TPSA) is 3.24 Å². The Bertz CT molecular complexity index is 3340. The van der Waals surface area contributed by atoms with Crippen molar-refractivity contribution < 1.29 is 0 Å². The number of rotatable bonds is 5. The normalized spacial score (nSPS) is 18.7. The Kier molecular flexibility index (Phi) is 7.95. The zero-order valence-corrected chi connectivity index (χ0v) is 35.5.